The van der Waals surface area contributed by atoms with Crippen molar-refractivity contribution in [3.63, 3.8) is 0 Å². The molecule has 24 heavy (non-hydrogen) atoms. The molecule has 0 atom stereocenters. The van der Waals surface area contributed by atoms with Gasteiger partial charge in [0.2, 0.25) is 11.5 Å². The number of fused-ring (bicyclic) bond motifs is 1. The zero-order valence-electron chi connectivity index (χ0n) is 13.0. The average molecular weight is 325 g/mol. The molecule has 1 aromatic carbocycles. The van der Waals surface area contributed by atoms with E-state index in [1.807, 2.05) is 0 Å². The highest BCUT2D eigenvalue weighted by molar-refractivity contribution is 6.22. The topological polar surface area (TPSA) is 88.5 Å². The highest BCUT2D eigenvalue weighted by Gasteiger charge is 2.36. The number of nitrogens with one attached hydrogen (secondary N) is 1. The summed E-state index contributed by atoms with van der Waals surface area (Å²) in [6, 6.07) is 9.51. The zero-order chi connectivity index (χ0) is 17.3. The molecule has 0 aliphatic carbocycles. The number of imide groups is 1. The SMILES string of the molecule is Cn1cc(CNC(=O)CN2C(=O)c3ccccc3C2=O)ccc1=O. The Morgan fingerprint density at radius 2 is 1.62 bits per heavy atom. The van der Waals surface area contributed by atoms with Crippen LogP contribution in [-0.4, -0.2) is 33.7 Å². The van der Waals surface area contributed by atoms with Gasteiger partial charge in [-0.2, -0.15) is 0 Å². The molecule has 2 heterocycles. The highest BCUT2D eigenvalue weighted by Crippen LogP contribution is 2.21. The molecule has 3 amide bonds. The van der Waals surface area contributed by atoms with Crippen LogP contribution in [0.2, 0.25) is 0 Å². The Balaban J connectivity index is 1.63. The molecule has 7 nitrogen and oxygen atoms in total. The van der Waals surface area contributed by atoms with Gasteiger partial charge in [-0.05, 0) is 17.7 Å². The van der Waals surface area contributed by atoms with Crippen LogP contribution in [0, 0.1) is 0 Å². The Morgan fingerprint density at radius 1 is 1.00 bits per heavy atom. The van der Waals surface area contributed by atoms with Crippen molar-refractivity contribution in [1.29, 1.82) is 0 Å². The molecule has 0 saturated carbocycles. The van der Waals surface area contributed by atoms with Crippen molar-refractivity contribution in [3.05, 3.63) is 69.6 Å². The normalized spacial score (nSPS) is 13.1. The van der Waals surface area contributed by atoms with Crippen LogP contribution in [-0.2, 0) is 18.4 Å². The summed E-state index contributed by atoms with van der Waals surface area (Å²) in [5.74, 6) is -1.38. The maximum absolute atomic E-state index is 12.2. The van der Waals surface area contributed by atoms with E-state index in [1.54, 1.807) is 43.6 Å². The molecule has 1 aliphatic heterocycles. The Kier molecular flexibility index (Phi) is 3.99. The molecule has 1 aromatic heterocycles. The molecule has 0 bridgehead atoms. The standard InChI is InChI=1S/C17H15N3O4/c1-19-9-11(6-7-15(19)22)8-18-14(21)10-20-16(23)12-4-2-3-5-13(12)17(20)24/h2-7,9H,8,10H2,1H3,(H,18,21). The molecule has 0 unspecified atom stereocenters. The molecule has 0 spiro atoms. The molecule has 7 heteroatoms. The van der Waals surface area contributed by atoms with Gasteiger partial charge < -0.3 is 9.88 Å². The zero-order valence-corrected chi connectivity index (χ0v) is 13.0. The number of nitrogens with zero attached hydrogens (tertiary/aromatic N) is 2. The van der Waals surface area contributed by atoms with Crippen LogP contribution < -0.4 is 10.9 Å². The first kappa shape index (κ1) is 15.7. The monoisotopic (exact) mass is 325 g/mol. The number of pyridine rings is 1. The van der Waals surface area contributed by atoms with Crippen LogP contribution in [0.5, 0.6) is 0 Å². The number of rotatable bonds is 4. The van der Waals surface area contributed by atoms with Crippen molar-refractivity contribution in [1.82, 2.24) is 14.8 Å². The van der Waals surface area contributed by atoms with Crippen molar-refractivity contribution < 1.29 is 14.4 Å². The van der Waals surface area contributed by atoms with Crippen LogP contribution >= 0.6 is 0 Å². The predicted molar refractivity (Wildman–Crippen MR) is 85.3 cm³/mol. The van der Waals surface area contributed by atoms with Gasteiger partial charge in [0, 0.05) is 25.9 Å². The molecular weight excluding hydrogens is 310 g/mol. The van der Waals surface area contributed by atoms with Crippen molar-refractivity contribution in [3.8, 4) is 0 Å². The van der Waals surface area contributed by atoms with Crippen LogP contribution in [0.4, 0.5) is 0 Å². The van der Waals surface area contributed by atoms with Crippen molar-refractivity contribution >= 4 is 17.7 Å². The van der Waals surface area contributed by atoms with Gasteiger partial charge in [0.05, 0.1) is 11.1 Å². The molecule has 0 radical (unpaired) electrons. The summed E-state index contributed by atoms with van der Waals surface area (Å²) >= 11 is 0. The van der Waals surface area contributed by atoms with Crippen molar-refractivity contribution in [2.24, 2.45) is 7.05 Å². The van der Waals surface area contributed by atoms with Crippen LogP contribution in [0.1, 0.15) is 26.3 Å². The van der Waals surface area contributed by atoms with E-state index in [-0.39, 0.29) is 18.6 Å². The van der Waals surface area contributed by atoms with Gasteiger partial charge in [0.1, 0.15) is 6.54 Å². The number of hydrogen-bond donors (Lipinski definition) is 1. The summed E-state index contributed by atoms with van der Waals surface area (Å²) in [5, 5.41) is 2.64. The largest absolute Gasteiger partial charge is 0.350 e. The summed E-state index contributed by atoms with van der Waals surface area (Å²) in [6.45, 7) is -0.131. The van der Waals surface area contributed by atoms with Crippen molar-refractivity contribution in [2.45, 2.75) is 6.54 Å². The number of carbonyl (C=O) groups excluding carboxylic acids is 3. The number of aryl methyl sites for hydroxylation is 1. The van der Waals surface area contributed by atoms with Gasteiger partial charge in [-0.3, -0.25) is 24.1 Å². The highest BCUT2D eigenvalue weighted by atomic mass is 16.2. The van der Waals surface area contributed by atoms with E-state index in [0.29, 0.717) is 11.1 Å². The fourth-order valence-corrected chi connectivity index (χ4v) is 2.54. The van der Waals surface area contributed by atoms with E-state index >= 15 is 0 Å². The minimum absolute atomic E-state index is 0.142. The summed E-state index contributed by atoms with van der Waals surface area (Å²) in [4.78, 5) is 48.7. The van der Waals surface area contributed by atoms with E-state index < -0.39 is 17.7 Å². The number of aromatic nitrogens is 1. The lowest BCUT2D eigenvalue weighted by molar-refractivity contribution is -0.121. The Bertz CT molecular complexity index is 866. The number of hydrogen-bond acceptors (Lipinski definition) is 4. The van der Waals surface area contributed by atoms with E-state index in [1.165, 1.54) is 10.6 Å². The fourth-order valence-electron chi connectivity index (χ4n) is 2.54. The van der Waals surface area contributed by atoms with Gasteiger partial charge in [0.25, 0.3) is 11.8 Å². The third kappa shape index (κ3) is 2.83. The first-order valence-electron chi connectivity index (χ1n) is 7.35. The first-order valence-corrected chi connectivity index (χ1v) is 7.35. The summed E-state index contributed by atoms with van der Waals surface area (Å²) < 4.78 is 1.41. The van der Waals surface area contributed by atoms with E-state index in [9.17, 15) is 19.2 Å². The van der Waals surface area contributed by atoms with Gasteiger partial charge in [-0.15, -0.1) is 0 Å². The van der Waals surface area contributed by atoms with Crippen LogP contribution in [0.3, 0.4) is 0 Å². The third-order valence-corrected chi connectivity index (χ3v) is 3.82. The Hall–Kier alpha value is -3.22. The van der Waals surface area contributed by atoms with E-state index in [4.69, 9.17) is 0 Å². The summed E-state index contributed by atoms with van der Waals surface area (Å²) in [6.07, 6.45) is 1.62. The smallest absolute Gasteiger partial charge is 0.262 e. The Labute approximate surface area is 137 Å². The van der Waals surface area contributed by atoms with Crippen LogP contribution in [0.25, 0.3) is 0 Å². The molecule has 122 valence electrons. The number of benzene rings is 1. The lowest BCUT2D eigenvalue weighted by Crippen LogP contribution is -2.40. The van der Waals surface area contributed by atoms with E-state index in [0.717, 1.165) is 10.5 Å². The third-order valence-electron chi connectivity index (χ3n) is 3.82. The second kappa shape index (κ2) is 6.11. The molecule has 3 rings (SSSR count). The minimum Gasteiger partial charge on any atom is -0.350 e. The molecule has 1 aliphatic rings. The Morgan fingerprint density at radius 3 is 2.21 bits per heavy atom. The first-order chi connectivity index (χ1) is 11.5. The number of amides is 3. The second-order valence-electron chi connectivity index (χ2n) is 5.51. The quantitative estimate of drug-likeness (QED) is 0.819. The molecule has 0 saturated heterocycles. The summed E-state index contributed by atoms with van der Waals surface area (Å²) in [5.41, 5.74) is 1.23. The second-order valence-corrected chi connectivity index (χ2v) is 5.51. The van der Waals surface area contributed by atoms with Gasteiger partial charge in [-0.1, -0.05) is 18.2 Å². The molecule has 0 fully saturated rings. The van der Waals surface area contributed by atoms with Crippen LogP contribution in [0.15, 0.2) is 47.4 Å². The van der Waals surface area contributed by atoms with Gasteiger partial charge in [-0.25, -0.2) is 0 Å². The average Bonchev–Trinajstić information content (AvgIpc) is 2.81. The molecular formula is C17H15N3O4. The predicted octanol–water partition coefficient (Wildman–Crippen LogP) is 0.298. The lowest BCUT2D eigenvalue weighted by atomic mass is 10.1. The lowest BCUT2D eigenvalue weighted by Gasteiger charge is -2.13. The number of carbonyl (C=O) groups is 3. The van der Waals surface area contributed by atoms with Crippen molar-refractivity contribution in [2.75, 3.05) is 6.54 Å². The maximum Gasteiger partial charge on any atom is 0.262 e. The maximum atomic E-state index is 12.2. The minimum atomic E-state index is -0.465. The fraction of sp³-hybridized carbons (Fsp3) is 0.176. The van der Waals surface area contributed by atoms with Gasteiger partial charge >= 0.3 is 0 Å². The van der Waals surface area contributed by atoms with Gasteiger partial charge in [0.15, 0.2) is 0 Å². The summed E-state index contributed by atoms with van der Waals surface area (Å²) in [7, 11) is 1.62. The molecule has 1 N–H and O–H groups in total. The molecule has 2 aromatic rings. The van der Waals surface area contributed by atoms with E-state index in [2.05, 4.69) is 5.32 Å².